The van der Waals surface area contributed by atoms with E-state index in [1.807, 2.05) is 0 Å². The molecule has 1 spiro atoms. The second-order valence-electron chi connectivity index (χ2n) is 9.98. The quantitative estimate of drug-likeness (QED) is 0.320. The van der Waals surface area contributed by atoms with Gasteiger partial charge in [0.05, 0.1) is 16.8 Å². The van der Waals surface area contributed by atoms with Gasteiger partial charge in [0.15, 0.2) is 5.78 Å². The van der Waals surface area contributed by atoms with Crippen LogP contribution in [-0.2, 0) is 28.7 Å². The van der Waals surface area contributed by atoms with Gasteiger partial charge >= 0.3 is 18.2 Å². The van der Waals surface area contributed by atoms with E-state index >= 15 is 0 Å². The number of anilines is 1. The first-order valence-corrected chi connectivity index (χ1v) is 12.5. The number of carbonyl (C=O) groups excluding carboxylic acids is 5. The van der Waals surface area contributed by atoms with Crippen LogP contribution in [0.15, 0.2) is 18.2 Å². The molecular formula is C24H25ClF4N4O6. The molecule has 212 valence electrons. The summed E-state index contributed by atoms with van der Waals surface area (Å²) < 4.78 is 55.3. The number of alkyl halides is 3. The van der Waals surface area contributed by atoms with Crippen molar-refractivity contribution < 1.29 is 46.3 Å². The largest absolute Gasteiger partial charge is 0.522 e. The summed E-state index contributed by atoms with van der Waals surface area (Å²) in [6, 6.07) is 0.909. The maximum absolute atomic E-state index is 14.1. The third-order valence-electron chi connectivity index (χ3n) is 7.19. The van der Waals surface area contributed by atoms with E-state index in [1.54, 1.807) is 0 Å². The Labute approximate surface area is 224 Å². The molecular weight excluding hydrogens is 552 g/mol. The van der Waals surface area contributed by atoms with Crippen LogP contribution in [0.25, 0.3) is 0 Å². The second kappa shape index (κ2) is 11.1. The molecule has 3 N–H and O–H groups in total. The van der Waals surface area contributed by atoms with Crippen molar-refractivity contribution in [2.24, 2.45) is 11.3 Å². The lowest BCUT2D eigenvalue weighted by molar-refractivity contribution is -0.321. The number of halogens is 5. The lowest BCUT2D eigenvalue weighted by Crippen LogP contribution is -2.53. The van der Waals surface area contributed by atoms with Crippen LogP contribution in [0.1, 0.15) is 32.1 Å². The summed E-state index contributed by atoms with van der Waals surface area (Å²) in [6.45, 7) is -1.03. The predicted molar refractivity (Wildman–Crippen MR) is 127 cm³/mol. The number of amides is 4. The molecule has 10 nitrogen and oxygen atoms in total. The number of nitrogens with one attached hydrogen (secondary N) is 3. The average molecular weight is 577 g/mol. The number of ether oxygens (including phenoxy) is 1. The van der Waals surface area contributed by atoms with Crippen LogP contribution < -0.4 is 16.0 Å². The standard InChI is InChI=1S/C24H25ClF4N4O6/c25-13-2-1-3-14(26)18(13)32-21(37)22(38)33-11-23(5-6-23)9-16(33)20(36)31-15(8-12-4-7-30-19(12)35)17(34)10-39-24(27,28)29/h1-3,12,15-16H,4-11H2,(H,30,35)(H,31,36)(H,32,37). The van der Waals surface area contributed by atoms with E-state index in [0.717, 1.165) is 11.0 Å². The summed E-state index contributed by atoms with van der Waals surface area (Å²) in [6.07, 6.45) is -3.54. The number of carbonyl (C=O) groups is 5. The van der Waals surface area contributed by atoms with Crippen molar-refractivity contribution in [3.05, 3.63) is 29.0 Å². The van der Waals surface area contributed by atoms with Crippen LogP contribution in [0.4, 0.5) is 23.2 Å². The summed E-state index contributed by atoms with van der Waals surface area (Å²) in [5.74, 6) is -6.37. The third-order valence-corrected chi connectivity index (χ3v) is 7.51. The first-order valence-electron chi connectivity index (χ1n) is 12.2. The molecule has 0 aromatic heterocycles. The number of ketones is 1. The van der Waals surface area contributed by atoms with Crippen LogP contribution in [0.2, 0.25) is 5.02 Å². The van der Waals surface area contributed by atoms with Crippen molar-refractivity contribution in [1.82, 2.24) is 15.5 Å². The molecule has 15 heteroatoms. The molecule has 2 heterocycles. The molecule has 3 fully saturated rings. The zero-order valence-electron chi connectivity index (χ0n) is 20.4. The van der Waals surface area contributed by atoms with E-state index in [2.05, 4.69) is 20.7 Å². The highest BCUT2D eigenvalue weighted by Gasteiger charge is 2.56. The normalized spacial score (nSPS) is 22.4. The van der Waals surface area contributed by atoms with Crippen molar-refractivity contribution in [3.63, 3.8) is 0 Å². The summed E-state index contributed by atoms with van der Waals surface area (Å²) in [4.78, 5) is 64.7. The minimum atomic E-state index is -5.09. The maximum atomic E-state index is 14.1. The first-order chi connectivity index (χ1) is 18.3. The zero-order chi connectivity index (χ0) is 28.5. The van der Waals surface area contributed by atoms with Crippen LogP contribution in [0, 0.1) is 17.2 Å². The van der Waals surface area contributed by atoms with Gasteiger partial charge in [-0.2, -0.15) is 0 Å². The van der Waals surface area contributed by atoms with Crippen LogP contribution in [-0.4, -0.2) is 72.5 Å². The van der Waals surface area contributed by atoms with Gasteiger partial charge in [-0.05, 0) is 49.7 Å². The number of nitrogens with zero attached hydrogens (tertiary/aromatic N) is 1. The van der Waals surface area contributed by atoms with Gasteiger partial charge in [-0.3, -0.25) is 28.7 Å². The van der Waals surface area contributed by atoms with Gasteiger partial charge in [-0.25, -0.2) is 4.39 Å². The van der Waals surface area contributed by atoms with Crippen molar-refractivity contribution in [2.75, 3.05) is 25.0 Å². The topological polar surface area (TPSA) is 134 Å². The molecule has 1 aliphatic carbocycles. The highest BCUT2D eigenvalue weighted by Crippen LogP contribution is 2.54. The highest BCUT2D eigenvalue weighted by molar-refractivity contribution is 6.41. The van der Waals surface area contributed by atoms with Crippen molar-refractivity contribution >= 4 is 46.7 Å². The van der Waals surface area contributed by atoms with Crippen molar-refractivity contribution in [2.45, 2.75) is 50.6 Å². The Morgan fingerprint density at radius 1 is 1.23 bits per heavy atom. The Bertz CT molecular complexity index is 1170. The van der Waals surface area contributed by atoms with E-state index in [4.69, 9.17) is 11.6 Å². The average Bonchev–Trinajstić information content (AvgIpc) is 3.33. The number of rotatable bonds is 8. The molecule has 2 saturated heterocycles. The molecule has 1 aromatic rings. The van der Waals surface area contributed by atoms with Crippen LogP contribution in [0.5, 0.6) is 0 Å². The summed E-state index contributed by atoms with van der Waals surface area (Å²) >= 11 is 5.91. The number of hydrogen-bond donors (Lipinski definition) is 3. The zero-order valence-corrected chi connectivity index (χ0v) is 21.2. The minimum Gasteiger partial charge on any atom is -0.356 e. The van der Waals surface area contributed by atoms with E-state index in [-0.39, 0.29) is 24.4 Å². The molecule has 0 radical (unpaired) electrons. The second-order valence-corrected chi connectivity index (χ2v) is 10.4. The Morgan fingerprint density at radius 2 is 1.95 bits per heavy atom. The monoisotopic (exact) mass is 576 g/mol. The molecule has 1 aromatic carbocycles. The molecule has 4 amide bonds. The van der Waals surface area contributed by atoms with E-state index in [1.165, 1.54) is 12.1 Å². The van der Waals surface area contributed by atoms with Crippen LogP contribution >= 0.6 is 11.6 Å². The van der Waals surface area contributed by atoms with Gasteiger partial charge in [0.1, 0.15) is 18.5 Å². The van der Waals surface area contributed by atoms with Gasteiger partial charge < -0.3 is 20.9 Å². The number of para-hydroxylation sites is 1. The van der Waals surface area contributed by atoms with Gasteiger partial charge in [-0.1, -0.05) is 17.7 Å². The smallest absolute Gasteiger partial charge is 0.356 e. The molecule has 3 aliphatic rings. The number of hydrogen-bond acceptors (Lipinski definition) is 6. The minimum absolute atomic E-state index is 0.0448. The molecule has 1 saturated carbocycles. The first kappa shape index (κ1) is 28.7. The number of likely N-dealkylation sites (tertiary alicyclic amines) is 1. The Balaban J connectivity index is 1.49. The summed E-state index contributed by atoms with van der Waals surface area (Å²) in [7, 11) is 0. The Morgan fingerprint density at radius 3 is 2.54 bits per heavy atom. The molecule has 3 atom stereocenters. The predicted octanol–water partition coefficient (Wildman–Crippen LogP) is 1.92. The van der Waals surface area contributed by atoms with Crippen molar-refractivity contribution in [3.8, 4) is 0 Å². The number of benzene rings is 1. The van der Waals surface area contributed by atoms with Crippen molar-refractivity contribution in [1.29, 1.82) is 0 Å². The number of Topliss-reactive ketones (excluding diaryl/α,β-unsaturated/α-hetero) is 1. The highest BCUT2D eigenvalue weighted by atomic mass is 35.5. The molecule has 39 heavy (non-hydrogen) atoms. The SMILES string of the molecule is O=C(Nc1c(F)cccc1Cl)C(=O)N1CC2(CC2)CC1C(=O)NC(CC1CCNC1=O)C(=O)COC(F)(F)F. The molecule has 0 bridgehead atoms. The van der Waals surface area contributed by atoms with Gasteiger partial charge in [0.25, 0.3) is 0 Å². The van der Waals surface area contributed by atoms with Gasteiger partial charge in [0.2, 0.25) is 11.8 Å². The molecule has 4 rings (SSSR count). The van der Waals surface area contributed by atoms with Gasteiger partial charge in [-0.15, -0.1) is 13.2 Å². The Kier molecular flexibility index (Phi) is 8.17. The molecule has 3 unspecified atom stereocenters. The third kappa shape index (κ3) is 6.85. The summed E-state index contributed by atoms with van der Waals surface area (Å²) in [5, 5.41) is 6.90. The fraction of sp³-hybridized carbons (Fsp3) is 0.542. The maximum Gasteiger partial charge on any atom is 0.522 e. The fourth-order valence-electron chi connectivity index (χ4n) is 4.90. The van der Waals surface area contributed by atoms with Gasteiger partial charge in [0, 0.05) is 19.0 Å². The van der Waals surface area contributed by atoms with E-state index in [0.29, 0.717) is 25.8 Å². The van der Waals surface area contributed by atoms with Crippen LogP contribution in [0.3, 0.4) is 0 Å². The summed E-state index contributed by atoms with van der Waals surface area (Å²) in [5.41, 5.74) is -0.832. The van der Waals surface area contributed by atoms with E-state index in [9.17, 15) is 41.5 Å². The fourth-order valence-corrected chi connectivity index (χ4v) is 5.11. The van der Waals surface area contributed by atoms with E-state index < -0.39 is 77.3 Å². The lowest BCUT2D eigenvalue weighted by Gasteiger charge is -2.26. The lowest BCUT2D eigenvalue weighted by atomic mass is 9.95. The molecule has 2 aliphatic heterocycles. The Hall–Kier alpha value is -3.26.